The van der Waals surface area contributed by atoms with Gasteiger partial charge in [-0.25, -0.2) is 0 Å². The first-order chi connectivity index (χ1) is 15.4. The Hall–Kier alpha value is -2.17. The Balaban J connectivity index is 1.76. The first kappa shape index (κ1) is 23.5. The van der Waals surface area contributed by atoms with Crippen LogP contribution in [0.4, 0.5) is 0 Å². The molecule has 0 nitrogen and oxygen atoms in total. The van der Waals surface area contributed by atoms with Crippen LogP contribution >= 0.6 is 7.26 Å². The number of benzene rings is 3. The Morgan fingerprint density at radius 3 is 1.42 bits per heavy atom. The fourth-order valence-electron chi connectivity index (χ4n) is 4.43. The number of hydrogen-bond donors (Lipinski definition) is 0. The van der Waals surface area contributed by atoms with Crippen LogP contribution in [0.2, 0.25) is 0 Å². The maximum Gasteiger partial charge on any atom is 0.112 e. The minimum absolute atomic E-state index is 1.13. The van der Waals surface area contributed by atoms with E-state index in [4.69, 9.17) is 0 Å². The third-order valence-corrected chi connectivity index (χ3v) is 10.6. The molecule has 0 saturated carbocycles. The lowest BCUT2D eigenvalue weighted by atomic mass is 10.1. The van der Waals surface area contributed by atoms with Crippen molar-refractivity contribution in [2.45, 2.75) is 58.3 Å². The number of hydrogen-bond acceptors (Lipinski definition) is 0. The summed E-state index contributed by atoms with van der Waals surface area (Å²) in [5, 5.41) is 4.45. The van der Waals surface area contributed by atoms with Crippen molar-refractivity contribution in [3.8, 4) is 0 Å². The summed E-state index contributed by atoms with van der Waals surface area (Å²) >= 11 is 0. The van der Waals surface area contributed by atoms with Crippen molar-refractivity contribution in [2.75, 3.05) is 6.16 Å². The highest BCUT2D eigenvalue weighted by Gasteiger charge is 2.44. The minimum Gasteiger partial charge on any atom is -0.0884 e. The molecule has 0 unspecified atom stereocenters. The minimum atomic E-state index is -1.68. The van der Waals surface area contributed by atoms with Gasteiger partial charge in [-0.1, -0.05) is 106 Å². The fraction of sp³-hybridized carbons (Fsp3) is 0.333. The van der Waals surface area contributed by atoms with Gasteiger partial charge in [0.15, 0.2) is 0 Å². The molecule has 0 atom stereocenters. The van der Waals surface area contributed by atoms with E-state index in [-0.39, 0.29) is 0 Å². The molecule has 0 N–H and O–H groups in total. The van der Waals surface area contributed by atoms with Gasteiger partial charge in [0.1, 0.15) is 23.2 Å². The van der Waals surface area contributed by atoms with E-state index >= 15 is 0 Å². The molecule has 0 aliphatic heterocycles. The molecule has 0 radical (unpaired) electrons. The average Bonchev–Trinajstić information content (AvgIpc) is 2.84. The van der Waals surface area contributed by atoms with Gasteiger partial charge in [0.25, 0.3) is 0 Å². The van der Waals surface area contributed by atoms with Crippen molar-refractivity contribution in [2.24, 2.45) is 0 Å². The zero-order valence-corrected chi connectivity index (χ0v) is 20.0. The molecule has 0 aromatic heterocycles. The second-order valence-corrected chi connectivity index (χ2v) is 12.0. The Morgan fingerprint density at radius 2 is 0.935 bits per heavy atom. The van der Waals surface area contributed by atoms with Crippen molar-refractivity contribution < 1.29 is 0 Å². The van der Waals surface area contributed by atoms with E-state index in [2.05, 4.69) is 110 Å². The van der Waals surface area contributed by atoms with Gasteiger partial charge < -0.3 is 0 Å². The summed E-state index contributed by atoms with van der Waals surface area (Å²) in [6, 6.07) is 33.6. The fourth-order valence-corrected chi connectivity index (χ4v) is 8.68. The summed E-state index contributed by atoms with van der Waals surface area (Å²) in [6.45, 7) is 2.28. The average molecular weight is 430 g/mol. The largest absolute Gasteiger partial charge is 0.112 e. The highest BCUT2D eigenvalue weighted by atomic mass is 31.2. The van der Waals surface area contributed by atoms with Gasteiger partial charge in [0.2, 0.25) is 0 Å². The van der Waals surface area contributed by atoms with Gasteiger partial charge in [-0.15, -0.1) is 0 Å². The van der Waals surface area contributed by atoms with Crippen LogP contribution in [-0.2, 0) is 0 Å². The second-order valence-electron chi connectivity index (χ2n) is 8.36. The zero-order chi connectivity index (χ0) is 21.6. The summed E-state index contributed by atoms with van der Waals surface area (Å²) in [6.07, 6.45) is 16.6. The van der Waals surface area contributed by atoms with Crippen LogP contribution < -0.4 is 15.9 Å². The highest BCUT2D eigenvalue weighted by Crippen LogP contribution is 2.55. The second kappa shape index (κ2) is 13.3. The maximum atomic E-state index is 2.44. The molecule has 0 fully saturated rings. The summed E-state index contributed by atoms with van der Waals surface area (Å²) in [5.74, 6) is 0. The van der Waals surface area contributed by atoms with E-state index in [1.165, 1.54) is 67.0 Å². The summed E-state index contributed by atoms with van der Waals surface area (Å²) in [4.78, 5) is 0. The molecular weight excluding hydrogens is 391 g/mol. The molecule has 0 bridgehead atoms. The van der Waals surface area contributed by atoms with Gasteiger partial charge in [0, 0.05) is 6.42 Å². The van der Waals surface area contributed by atoms with Crippen molar-refractivity contribution in [1.29, 1.82) is 0 Å². The van der Waals surface area contributed by atoms with Gasteiger partial charge in [-0.05, 0) is 49.2 Å². The third-order valence-electron chi connectivity index (χ3n) is 6.11. The molecule has 0 saturated heterocycles. The summed E-state index contributed by atoms with van der Waals surface area (Å²) < 4.78 is 0. The normalized spacial score (nSPS) is 11.8. The molecule has 0 heterocycles. The van der Waals surface area contributed by atoms with E-state index < -0.39 is 7.26 Å². The molecule has 3 aromatic carbocycles. The molecule has 31 heavy (non-hydrogen) atoms. The van der Waals surface area contributed by atoms with Crippen LogP contribution in [0.1, 0.15) is 58.3 Å². The Kier molecular flexibility index (Phi) is 10.1. The molecule has 0 aliphatic carbocycles. The highest BCUT2D eigenvalue weighted by molar-refractivity contribution is 7.95. The molecule has 162 valence electrons. The standard InChI is InChI=1S/C30H38P/c1-2-3-4-5-6-7-8-9-10-20-27-31(28-21-14-11-15-22-28,29-23-16-12-17-24-29)30-25-18-13-19-26-30/h9-19,21-26H,2-8,20,27H2,1H3/q+1. The molecule has 3 rings (SSSR count). The lowest BCUT2D eigenvalue weighted by Crippen LogP contribution is -2.33. The Labute approximate surface area is 190 Å². The van der Waals surface area contributed by atoms with Gasteiger partial charge in [-0.3, -0.25) is 0 Å². The van der Waals surface area contributed by atoms with Gasteiger partial charge >= 0.3 is 0 Å². The van der Waals surface area contributed by atoms with Crippen molar-refractivity contribution in [3.63, 3.8) is 0 Å². The topological polar surface area (TPSA) is 0 Å². The van der Waals surface area contributed by atoms with Crippen LogP contribution in [0, 0.1) is 0 Å². The smallest absolute Gasteiger partial charge is 0.0884 e. The lowest BCUT2D eigenvalue weighted by molar-refractivity contribution is 0.611. The Morgan fingerprint density at radius 1 is 0.516 bits per heavy atom. The summed E-state index contributed by atoms with van der Waals surface area (Å²) in [7, 11) is -1.68. The van der Waals surface area contributed by atoms with Crippen LogP contribution in [0.15, 0.2) is 103 Å². The van der Waals surface area contributed by atoms with E-state index in [9.17, 15) is 0 Å². The number of rotatable bonds is 13. The van der Waals surface area contributed by atoms with Crippen molar-refractivity contribution >= 4 is 23.2 Å². The van der Waals surface area contributed by atoms with Crippen LogP contribution in [0.5, 0.6) is 0 Å². The van der Waals surface area contributed by atoms with Gasteiger partial charge in [-0.2, -0.15) is 0 Å². The van der Waals surface area contributed by atoms with Gasteiger partial charge in [0.05, 0.1) is 6.16 Å². The van der Waals surface area contributed by atoms with E-state index in [1.54, 1.807) is 0 Å². The summed E-state index contributed by atoms with van der Waals surface area (Å²) in [5.41, 5.74) is 0. The molecule has 3 aromatic rings. The Bertz CT molecular complexity index is 771. The lowest BCUT2D eigenvalue weighted by Gasteiger charge is -2.27. The first-order valence-electron chi connectivity index (χ1n) is 12.1. The molecule has 0 amide bonds. The molecule has 0 aliphatic rings. The molecule has 1 heteroatoms. The van der Waals surface area contributed by atoms with E-state index in [0.29, 0.717) is 0 Å². The predicted octanol–water partition coefficient (Wildman–Crippen LogP) is 7.68. The first-order valence-corrected chi connectivity index (χ1v) is 14.1. The van der Waals surface area contributed by atoms with E-state index in [1.807, 2.05) is 0 Å². The van der Waals surface area contributed by atoms with E-state index in [0.717, 1.165) is 6.42 Å². The quantitative estimate of drug-likeness (QED) is 0.148. The maximum absolute atomic E-state index is 2.44. The molecule has 0 spiro atoms. The van der Waals surface area contributed by atoms with Crippen LogP contribution in [-0.4, -0.2) is 6.16 Å². The number of allylic oxidation sites excluding steroid dienone is 2. The zero-order valence-electron chi connectivity index (χ0n) is 19.1. The van der Waals surface area contributed by atoms with Crippen molar-refractivity contribution in [3.05, 3.63) is 103 Å². The van der Waals surface area contributed by atoms with Crippen LogP contribution in [0.25, 0.3) is 0 Å². The number of unbranched alkanes of at least 4 members (excludes halogenated alkanes) is 6. The SMILES string of the molecule is CCCCCCCCC=CCC[P+](c1ccccc1)(c1ccccc1)c1ccccc1. The van der Waals surface area contributed by atoms with Crippen molar-refractivity contribution in [1.82, 2.24) is 0 Å². The van der Waals surface area contributed by atoms with Crippen LogP contribution in [0.3, 0.4) is 0 Å². The predicted molar refractivity (Wildman–Crippen MR) is 142 cm³/mol. The third kappa shape index (κ3) is 6.65. The monoisotopic (exact) mass is 429 g/mol. The molecular formula is C30H38P+.